The zero-order valence-corrected chi connectivity index (χ0v) is 13.4. The van der Waals surface area contributed by atoms with Gasteiger partial charge in [0.1, 0.15) is 11.4 Å². The second-order valence-electron chi connectivity index (χ2n) is 6.65. The Morgan fingerprint density at radius 3 is 2.67 bits per heavy atom. The molecule has 1 heterocycles. The minimum Gasteiger partial charge on any atom is -0.508 e. The average Bonchev–Trinajstić information content (AvgIpc) is 3.08. The number of nitrogens with zero attached hydrogens (tertiary/aromatic N) is 2. The minimum atomic E-state index is -0.843. The number of ketones is 1. The third-order valence-electron chi connectivity index (χ3n) is 5.16. The molecule has 1 saturated heterocycles. The smallest absolute Gasteiger partial charge is 0.441 e. The largest absolute Gasteiger partial charge is 0.508 e. The lowest BCUT2D eigenvalue weighted by atomic mass is 9.75. The van der Waals surface area contributed by atoms with Gasteiger partial charge < -0.3 is 15.4 Å². The van der Waals surface area contributed by atoms with Gasteiger partial charge in [0.25, 0.3) is 5.78 Å². The molecular weight excluding hydrogens is 308 g/mol. The van der Waals surface area contributed by atoms with Gasteiger partial charge in [-0.1, -0.05) is 25.0 Å². The first kappa shape index (κ1) is 16.4. The zero-order chi connectivity index (χ0) is 17.2. The number of benzene rings is 1. The summed E-state index contributed by atoms with van der Waals surface area (Å²) in [7, 11) is 0. The van der Waals surface area contributed by atoms with Crippen molar-refractivity contribution in [2.75, 3.05) is 0 Å². The van der Waals surface area contributed by atoms with E-state index in [0.717, 1.165) is 31.2 Å². The van der Waals surface area contributed by atoms with Gasteiger partial charge in [-0.15, -0.1) is 0 Å². The van der Waals surface area contributed by atoms with Crippen molar-refractivity contribution in [3.05, 3.63) is 35.4 Å². The number of carbonyl (C=O) groups is 2. The number of aromatic hydroxyl groups is 1. The van der Waals surface area contributed by atoms with E-state index in [1.807, 2.05) is 6.07 Å². The number of aryl methyl sites for hydroxylation is 1. The van der Waals surface area contributed by atoms with Crippen molar-refractivity contribution in [3.8, 4) is 5.75 Å². The maximum absolute atomic E-state index is 12.2. The molecule has 6 heteroatoms. The van der Waals surface area contributed by atoms with Crippen molar-refractivity contribution in [2.45, 2.75) is 50.5 Å². The number of carbonyl (C=O) groups excluding carboxylic acids is 2. The number of hydrogen-bond acceptors (Lipinski definition) is 4. The van der Waals surface area contributed by atoms with E-state index < -0.39 is 23.1 Å². The van der Waals surface area contributed by atoms with Crippen LogP contribution in [-0.2, 0) is 20.7 Å². The topological polar surface area (TPSA) is 100 Å². The fraction of sp³-hybridized carbons (Fsp3) is 0.500. The summed E-state index contributed by atoms with van der Waals surface area (Å²) in [5.74, 6) is -0.968. The highest BCUT2D eigenvalue weighted by Crippen LogP contribution is 2.43. The molecule has 1 aromatic carbocycles. The Labute approximate surface area is 140 Å². The monoisotopic (exact) mass is 328 g/mol. The third-order valence-corrected chi connectivity index (χ3v) is 5.16. The van der Waals surface area contributed by atoms with Gasteiger partial charge in [-0.3, -0.25) is 4.79 Å². The number of phenols is 1. The van der Waals surface area contributed by atoms with E-state index in [2.05, 4.69) is 4.79 Å². The van der Waals surface area contributed by atoms with Gasteiger partial charge in [0.15, 0.2) is 0 Å². The molecule has 0 bridgehead atoms. The summed E-state index contributed by atoms with van der Waals surface area (Å²) in [6.07, 6.45) is 5.13. The second-order valence-corrected chi connectivity index (χ2v) is 6.65. The minimum absolute atomic E-state index is 0.0572. The molecule has 2 fully saturated rings. The van der Waals surface area contributed by atoms with Crippen LogP contribution in [0.25, 0.3) is 5.53 Å². The van der Waals surface area contributed by atoms with Gasteiger partial charge in [-0.2, -0.15) is 4.79 Å². The molecule has 3 rings (SSSR count). The Hall–Kier alpha value is -2.46. The first-order chi connectivity index (χ1) is 11.5. The number of rotatable bonds is 4. The summed E-state index contributed by atoms with van der Waals surface area (Å²) in [4.78, 5) is 27.1. The van der Waals surface area contributed by atoms with Crippen molar-refractivity contribution >= 4 is 17.5 Å². The van der Waals surface area contributed by atoms with Crippen molar-refractivity contribution in [2.24, 2.45) is 5.92 Å². The Balaban J connectivity index is 1.85. The predicted octanol–water partition coefficient (Wildman–Crippen LogP) is 2.44. The molecule has 6 nitrogen and oxygen atoms in total. The summed E-state index contributed by atoms with van der Waals surface area (Å²) in [5, 5.41) is 9.59. The van der Waals surface area contributed by atoms with E-state index in [-0.39, 0.29) is 18.1 Å². The molecule has 1 saturated carbocycles. The molecule has 0 radical (unpaired) electrons. The van der Waals surface area contributed by atoms with Crippen LogP contribution in [-0.4, -0.2) is 33.0 Å². The summed E-state index contributed by atoms with van der Waals surface area (Å²) in [6.45, 7) is 0. The standard InChI is InChI=1S/C18H20N2O4/c19-20-16-15(22)11-18(24-17(16)23,13-5-1-2-6-13)9-8-12-4-3-7-14(21)10-12/h3-4,7,10,13,21H,1-2,5-6,8-9,11H2. The van der Waals surface area contributed by atoms with Crippen LogP contribution in [0.5, 0.6) is 5.75 Å². The van der Waals surface area contributed by atoms with Crippen LogP contribution in [0.3, 0.4) is 0 Å². The van der Waals surface area contributed by atoms with Crippen molar-refractivity contribution in [1.29, 1.82) is 0 Å². The Kier molecular flexibility index (Phi) is 4.49. The van der Waals surface area contributed by atoms with E-state index in [0.29, 0.717) is 12.8 Å². The maximum atomic E-state index is 12.2. The normalized spacial score (nSPS) is 24.8. The molecule has 0 spiro atoms. The zero-order valence-electron chi connectivity index (χ0n) is 13.4. The fourth-order valence-electron chi connectivity index (χ4n) is 3.93. The van der Waals surface area contributed by atoms with Crippen LogP contribution in [0.2, 0.25) is 0 Å². The van der Waals surface area contributed by atoms with E-state index in [4.69, 9.17) is 10.3 Å². The molecule has 1 aromatic rings. The molecule has 1 atom stereocenters. The summed E-state index contributed by atoms with van der Waals surface area (Å²) >= 11 is 0. The number of Topliss-reactive ketones (excluding diaryl/α,β-unsaturated/α-hetero) is 1. The molecule has 2 aliphatic rings. The van der Waals surface area contributed by atoms with Crippen molar-refractivity contribution in [1.82, 2.24) is 0 Å². The van der Waals surface area contributed by atoms with Crippen LogP contribution in [0.4, 0.5) is 0 Å². The van der Waals surface area contributed by atoms with Crippen LogP contribution in [0.15, 0.2) is 24.3 Å². The molecule has 0 amide bonds. The van der Waals surface area contributed by atoms with Gasteiger partial charge in [-0.05, 0) is 49.3 Å². The molecule has 24 heavy (non-hydrogen) atoms. The molecular formula is C18H20N2O4. The predicted molar refractivity (Wildman–Crippen MR) is 85.5 cm³/mol. The maximum Gasteiger partial charge on any atom is 0.441 e. The molecule has 1 aliphatic heterocycles. The van der Waals surface area contributed by atoms with Gasteiger partial charge >= 0.3 is 11.7 Å². The first-order valence-corrected chi connectivity index (χ1v) is 8.30. The molecule has 1 unspecified atom stereocenters. The Morgan fingerprint density at radius 1 is 1.29 bits per heavy atom. The van der Waals surface area contributed by atoms with Crippen LogP contribution in [0.1, 0.15) is 44.1 Å². The van der Waals surface area contributed by atoms with E-state index in [1.54, 1.807) is 18.2 Å². The number of esters is 1. The number of cyclic esters (lactones) is 1. The second kappa shape index (κ2) is 6.57. The van der Waals surface area contributed by atoms with Crippen molar-refractivity contribution < 1.29 is 24.2 Å². The van der Waals surface area contributed by atoms with Crippen LogP contribution < -0.4 is 0 Å². The molecule has 1 N–H and O–H groups in total. The lowest BCUT2D eigenvalue weighted by molar-refractivity contribution is -0.172. The highest BCUT2D eigenvalue weighted by atomic mass is 16.6. The fourth-order valence-corrected chi connectivity index (χ4v) is 3.93. The van der Waals surface area contributed by atoms with Gasteiger partial charge in [0.2, 0.25) is 0 Å². The highest BCUT2D eigenvalue weighted by molar-refractivity contribution is 6.63. The number of ether oxygens (including phenoxy) is 1. The van der Waals surface area contributed by atoms with Gasteiger partial charge in [0, 0.05) is 0 Å². The van der Waals surface area contributed by atoms with E-state index in [1.165, 1.54) is 0 Å². The first-order valence-electron chi connectivity index (χ1n) is 8.30. The average molecular weight is 328 g/mol. The highest BCUT2D eigenvalue weighted by Gasteiger charge is 2.53. The number of phenolic OH excluding ortho intramolecular Hbond substituents is 1. The number of hydrogen-bond donors (Lipinski definition) is 1. The lowest BCUT2D eigenvalue weighted by Gasteiger charge is -2.39. The van der Waals surface area contributed by atoms with E-state index in [9.17, 15) is 14.7 Å². The van der Waals surface area contributed by atoms with Crippen molar-refractivity contribution in [3.63, 3.8) is 0 Å². The summed E-state index contributed by atoms with van der Waals surface area (Å²) in [6, 6.07) is 6.94. The Bertz CT molecular complexity index is 695. The van der Waals surface area contributed by atoms with Gasteiger partial charge in [0.05, 0.1) is 6.42 Å². The Morgan fingerprint density at radius 2 is 2.04 bits per heavy atom. The lowest BCUT2D eigenvalue weighted by Crippen LogP contribution is -2.52. The SMILES string of the molecule is [N-]=[N+]=C1C(=O)CC(CCc2cccc(O)c2)(C2CCCC2)OC1=O. The van der Waals surface area contributed by atoms with Gasteiger partial charge in [-0.25, -0.2) is 4.79 Å². The summed E-state index contributed by atoms with van der Waals surface area (Å²) in [5.41, 5.74) is 8.42. The van der Waals surface area contributed by atoms with E-state index >= 15 is 0 Å². The molecule has 0 aromatic heterocycles. The molecule has 126 valence electrons. The third kappa shape index (κ3) is 3.10. The van der Waals surface area contributed by atoms with Crippen LogP contribution >= 0.6 is 0 Å². The molecule has 1 aliphatic carbocycles. The van der Waals surface area contributed by atoms with Crippen LogP contribution in [0, 0.1) is 5.92 Å². The quantitative estimate of drug-likeness (QED) is 0.521. The summed E-state index contributed by atoms with van der Waals surface area (Å²) < 4.78 is 5.67.